The second-order valence-corrected chi connectivity index (χ2v) is 10.9. The minimum Gasteiger partial charge on any atom is -0.462 e. The molecule has 1 aromatic rings. The van der Waals surface area contributed by atoms with Crippen molar-refractivity contribution < 1.29 is 38.0 Å². The molecule has 0 unspecified atom stereocenters. The summed E-state index contributed by atoms with van der Waals surface area (Å²) >= 11 is 0. The number of carbonyl (C=O) groups excluding carboxylic acids is 2. The molecule has 15 heteroatoms. The van der Waals surface area contributed by atoms with Crippen LogP contribution in [0.5, 0.6) is 0 Å². The van der Waals surface area contributed by atoms with Crippen LogP contribution in [0.15, 0.2) is 21.9 Å². The van der Waals surface area contributed by atoms with Crippen LogP contribution in [0.25, 0.3) is 0 Å². The van der Waals surface area contributed by atoms with Gasteiger partial charge in [0.2, 0.25) is 0 Å². The quantitative estimate of drug-likeness (QED) is 0.211. The van der Waals surface area contributed by atoms with E-state index < -0.39 is 73.6 Å². The molecule has 0 saturated carbocycles. The Hall–Kier alpha value is -2.35. The van der Waals surface area contributed by atoms with Gasteiger partial charge in [0.1, 0.15) is 18.2 Å². The number of aliphatic hydroxyl groups is 1. The van der Waals surface area contributed by atoms with E-state index in [4.69, 9.17) is 18.7 Å². The van der Waals surface area contributed by atoms with Crippen LogP contribution >= 0.6 is 7.67 Å². The Labute approximate surface area is 208 Å². The lowest BCUT2D eigenvalue weighted by molar-refractivity contribution is -0.149. The molecular formula is C21H35N4O10P. The molecule has 1 aliphatic rings. The van der Waals surface area contributed by atoms with Crippen LogP contribution in [-0.2, 0) is 32.9 Å². The molecule has 36 heavy (non-hydrogen) atoms. The first-order valence-corrected chi connectivity index (χ1v) is 13.2. The SMILES string of the molecule is CC(C)OC(=O)[C@H](C)NP(=O)(N[C@@H](C)C(=O)OC(C)C)OC[C@@H]1C[C@@H](O)[C@H](n2ccc(=O)[nH]c2=O)O1. The summed E-state index contributed by atoms with van der Waals surface area (Å²) in [6, 6.07) is -1.03. The second-order valence-electron chi connectivity index (χ2n) is 8.99. The fraction of sp³-hybridized carbons (Fsp3) is 0.714. The van der Waals surface area contributed by atoms with E-state index in [1.54, 1.807) is 27.7 Å². The lowest BCUT2D eigenvalue weighted by Gasteiger charge is -2.27. The van der Waals surface area contributed by atoms with Gasteiger partial charge in [0.05, 0.1) is 24.9 Å². The Morgan fingerprint density at radius 3 is 2.11 bits per heavy atom. The van der Waals surface area contributed by atoms with Crippen molar-refractivity contribution in [1.82, 2.24) is 19.7 Å². The predicted molar refractivity (Wildman–Crippen MR) is 127 cm³/mol. The third-order valence-corrected chi connectivity index (χ3v) is 6.84. The van der Waals surface area contributed by atoms with E-state index in [1.165, 1.54) is 20.0 Å². The van der Waals surface area contributed by atoms with Crippen LogP contribution in [-0.4, -0.2) is 69.7 Å². The molecule has 204 valence electrons. The first kappa shape index (κ1) is 29.9. The van der Waals surface area contributed by atoms with Crippen LogP contribution in [0.1, 0.15) is 54.2 Å². The van der Waals surface area contributed by atoms with Crippen molar-refractivity contribution in [1.29, 1.82) is 0 Å². The lowest BCUT2D eigenvalue weighted by Crippen LogP contribution is -2.43. The summed E-state index contributed by atoms with van der Waals surface area (Å²) in [5, 5.41) is 15.5. The van der Waals surface area contributed by atoms with E-state index >= 15 is 0 Å². The van der Waals surface area contributed by atoms with Gasteiger partial charge in [0.15, 0.2) is 6.23 Å². The number of aromatic nitrogens is 2. The maximum absolute atomic E-state index is 13.6. The topological polar surface area (TPSA) is 187 Å². The van der Waals surface area contributed by atoms with Gasteiger partial charge in [-0.2, -0.15) is 0 Å². The molecule has 1 aliphatic heterocycles. The van der Waals surface area contributed by atoms with Crippen molar-refractivity contribution in [2.24, 2.45) is 0 Å². The number of hydrogen-bond donors (Lipinski definition) is 4. The molecule has 1 saturated heterocycles. The molecule has 0 spiro atoms. The molecule has 2 rings (SSSR count). The molecule has 4 N–H and O–H groups in total. The molecule has 0 aliphatic carbocycles. The number of nitrogens with one attached hydrogen (secondary N) is 3. The number of rotatable bonds is 12. The third-order valence-electron chi connectivity index (χ3n) is 4.87. The zero-order valence-corrected chi connectivity index (χ0v) is 22.0. The molecule has 5 atom stereocenters. The Kier molecular flexibility index (Phi) is 10.6. The van der Waals surface area contributed by atoms with Crippen LogP contribution in [0, 0.1) is 0 Å². The Balaban J connectivity index is 2.14. The smallest absolute Gasteiger partial charge is 0.342 e. The second kappa shape index (κ2) is 12.7. The highest BCUT2D eigenvalue weighted by molar-refractivity contribution is 7.54. The number of H-pyrrole nitrogens is 1. The van der Waals surface area contributed by atoms with Crippen molar-refractivity contribution in [3.63, 3.8) is 0 Å². The number of aliphatic hydroxyl groups excluding tert-OH is 1. The van der Waals surface area contributed by atoms with Gasteiger partial charge in [-0.3, -0.25) is 28.5 Å². The van der Waals surface area contributed by atoms with Crippen molar-refractivity contribution in [2.75, 3.05) is 6.61 Å². The standard InChI is InChI=1S/C21H35N4O10P/c1-11(2)33-19(28)13(5)23-36(31,24-14(6)20(29)34-12(3)4)32-10-15-9-16(26)18(35-15)25-8-7-17(27)22-21(25)30/h7-8,11-16,18,26H,9-10H2,1-6H3,(H,22,27,30)(H2,23,24,31)/t13-,14-,15-,16+,18+/m0/s1. The summed E-state index contributed by atoms with van der Waals surface area (Å²) in [4.78, 5) is 49.9. The molecule has 0 aromatic carbocycles. The molecule has 2 heterocycles. The number of ether oxygens (including phenoxy) is 3. The zero-order valence-electron chi connectivity index (χ0n) is 21.1. The molecule has 0 radical (unpaired) electrons. The summed E-state index contributed by atoms with van der Waals surface area (Å²) in [6.45, 7) is 9.17. The van der Waals surface area contributed by atoms with Gasteiger partial charge >= 0.3 is 25.3 Å². The van der Waals surface area contributed by atoms with Gasteiger partial charge in [-0.05, 0) is 41.5 Å². The predicted octanol–water partition coefficient (Wildman–Crippen LogP) is 0.169. The molecule has 0 amide bonds. The van der Waals surface area contributed by atoms with Gasteiger partial charge in [-0.15, -0.1) is 0 Å². The normalized spacial score (nSPS) is 22.0. The largest absolute Gasteiger partial charge is 0.462 e. The first-order chi connectivity index (χ1) is 16.7. The highest BCUT2D eigenvalue weighted by atomic mass is 31.2. The Morgan fingerprint density at radius 1 is 1.11 bits per heavy atom. The molecule has 0 bridgehead atoms. The fourth-order valence-electron chi connectivity index (χ4n) is 3.30. The van der Waals surface area contributed by atoms with Gasteiger partial charge in [-0.1, -0.05) is 0 Å². The molecular weight excluding hydrogens is 499 g/mol. The first-order valence-electron chi connectivity index (χ1n) is 11.6. The maximum Gasteiger partial charge on any atom is 0.342 e. The van der Waals surface area contributed by atoms with Gasteiger partial charge in [0.25, 0.3) is 5.56 Å². The van der Waals surface area contributed by atoms with Gasteiger partial charge in [0, 0.05) is 18.7 Å². The van der Waals surface area contributed by atoms with Crippen molar-refractivity contribution in [3.05, 3.63) is 33.1 Å². The van der Waals surface area contributed by atoms with Crippen molar-refractivity contribution in [3.8, 4) is 0 Å². The molecule has 1 aromatic heterocycles. The van der Waals surface area contributed by atoms with E-state index in [1.807, 2.05) is 0 Å². The Morgan fingerprint density at radius 2 is 1.64 bits per heavy atom. The summed E-state index contributed by atoms with van der Waals surface area (Å²) in [5.41, 5.74) is -1.37. The fourth-order valence-corrected chi connectivity index (χ4v) is 5.13. The highest BCUT2D eigenvalue weighted by Gasteiger charge is 2.39. The van der Waals surface area contributed by atoms with Gasteiger partial charge in [-0.25, -0.2) is 15.0 Å². The Bertz CT molecular complexity index is 1040. The van der Waals surface area contributed by atoms with Crippen LogP contribution < -0.4 is 21.4 Å². The highest BCUT2D eigenvalue weighted by Crippen LogP contribution is 2.41. The van der Waals surface area contributed by atoms with Crippen LogP contribution in [0.3, 0.4) is 0 Å². The van der Waals surface area contributed by atoms with E-state index in [0.29, 0.717) is 0 Å². The summed E-state index contributed by atoms with van der Waals surface area (Å²) in [7, 11) is -4.09. The van der Waals surface area contributed by atoms with E-state index in [9.17, 15) is 28.8 Å². The lowest BCUT2D eigenvalue weighted by atomic mass is 10.2. The number of aromatic amines is 1. The van der Waals surface area contributed by atoms with Gasteiger partial charge < -0.3 is 23.8 Å². The van der Waals surface area contributed by atoms with E-state index in [2.05, 4.69) is 15.2 Å². The van der Waals surface area contributed by atoms with E-state index in [-0.39, 0.29) is 13.0 Å². The van der Waals surface area contributed by atoms with Crippen molar-refractivity contribution >= 4 is 19.6 Å². The molecule has 1 fully saturated rings. The van der Waals surface area contributed by atoms with Crippen molar-refractivity contribution in [2.45, 2.75) is 90.7 Å². The average molecular weight is 535 g/mol. The van der Waals surface area contributed by atoms with Crippen LogP contribution in [0.4, 0.5) is 0 Å². The number of nitrogens with zero attached hydrogens (tertiary/aromatic N) is 1. The van der Waals surface area contributed by atoms with E-state index in [0.717, 1.165) is 10.6 Å². The summed E-state index contributed by atoms with van der Waals surface area (Å²) in [6.07, 6.45) is -2.64. The number of hydrogen-bond acceptors (Lipinski definition) is 10. The minimum atomic E-state index is -4.09. The molecule has 14 nitrogen and oxygen atoms in total. The summed E-state index contributed by atoms with van der Waals surface area (Å²) < 4.78 is 36.2. The number of esters is 2. The monoisotopic (exact) mass is 534 g/mol. The maximum atomic E-state index is 13.6. The number of carbonyl (C=O) groups is 2. The zero-order chi connectivity index (χ0) is 27.2. The van der Waals surface area contributed by atoms with Crippen LogP contribution in [0.2, 0.25) is 0 Å². The average Bonchev–Trinajstić information content (AvgIpc) is 3.11. The minimum absolute atomic E-state index is 0.0200. The summed E-state index contributed by atoms with van der Waals surface area (Å²) in [5.74, 6) is -1.36. The third kappa shape index (κ3) is 8.64.